The minimum atomic E-state index is -0.295. The maximum atomic E-state index is 11.8. The van der Waals surface area contributed by atoms with Gasteiger partial charge in [-0.05, 0) is 18.5 Å². The van der Waals surface area contributed by atoms with Crippen LogP contribution in [0.3, 0.4) is 0 Å². The van der Waals surface area contributed by atoms with Gasteiger partial charge < -0.3 is 16.4 Å². The number of rotatable bonds is 7. The molecule has 0 fully saturated rings. The Labute approximate surface area is 125 Å². The van der Waals surface area contributed by atoms with Crippen LogP contribution in [-0.2, 0) is 9.59 Å². The van der Waals surface area contributed by atoms with Gasteiger partial charge in [-0.1, -0.05) is 30.3 Å². The summed E-state index contributed by atoms with van der Waals surface area (Å²) in [6.45, 7) is 2.56. The van der Waals surface area contributed by atoms with E-state index in [-0.39, 0.29) is 36.7 Å². The standard InChI is InChI=1S/C14H21N3O2.ClH/c1-11(18)17-13(12-6-3-2-4-7-12)10-14(19)16-9-5-8-15;/h2-4,6-7,13H,5,8-10,15H2,1H3,(H,16,19)(H,17,18);1H. The summed E-state index contributed by atoms with van der Waals surface area (Å²) >= 11 is 0. The molecule has 0 radical (unpaired) electrons. The fraction of sp³-hybridized carbons (Fsp3) is 0.429. The van der Waals surface area contributed by atoms with Gasteiger partial charge in [-0.3, -0.25) is 9.59 Å². The molecule has 0 aliphatic carbocycles. The number of nitrogens with two attached hydrogens (primary N) is 1. The Hall–Kier alpha value is -1.59. The molecule has 0 aliphatic rings. The van der Waals surface area contributed by atoms with Crippen LogP contribution in [-0.4, -0.2) is 24.9 Å². The lowest BCUT2D eigenvalue weighted by molar-refractivity contribution is -0.122. The molecule has 0 saturated heterocycles. The summed E-state index contributed by atoms with van der Waals surface area (Å²) in [6, 6.07) is 9.17. The van der Waals surface area contributed by atoms with E-state index in [4.69, 9.17) is 5.73 Å². The van der Waals surface area contributed by atoms with E-state index < -0.39 is 0 Å². The molecule has 2 amide bonds. The second kappa shape index (κ2) is 10.2. The first-order chi connectivity index (χ1) is 9.13. The summed E-state index contributed by atoms with van der Waals surface area (Å²) < 4.78 is 0. The minimum Gasteiger partial charge on any atom is -0.356 e. The highest BCUT2D eigenvalue weighted by Crippen LogP contribution is 2.16. The Bertz CT molecular complexity index is 412. The number of benzene rings is 1. The maximum absolute atomic E-state index is 11.8. The summed E-state index contributed by atoms with van der Waals surface area (Å²) in [5, 5.41) is 5.58. The van der Waals surface area contributed by atoms with Gasteiger partial charge in [0.1, 0.15) is 0 Å². The lowest BCUT2D eigenvalue weighted by Gasteiger charge is -2.18. The van der Waals surface area contributed by atoms with Crippen molar-refractivity contribution >= 4 is 24.2 Å². The lowest BCUT2D eigenvalue weighted by atomic mass is 10.0. The molecular formula is C14H22ClN3O2. The van der Waals surface area contributed by atoms with Crippen molar-refractivity contribution in [2.75, 3.05) is 13.1 Å². The van der Waals surface area contributed by atoms with Gasteiger partial charge in [0, 0.05) is 13.5 Å². The van der Waals surface area contributed by atoms with Gasteiger partial charge in [0.15, 0.2) is 0 Å². The van der Waals surface area contributed by atoms with E-state index in [1.165, 1.54) is 6.92 Å². The van der Waals surface area contributed by atoms with Crippen molar-refractivity contribution in [3.8, 4) is 0 Å². The van der Waals surface area contributed by atoms with Crippen molar-refractivity contribution < 1.29 is 9.59 Å². The zero-order chi connectivity index (χ0) is 14.1. The molecule has 1 aromatic carbocycles. The molecule has 1 unspecified atom stereocenters. The molecule has 1 atom stereocenters. The Balaban J connectivity index is 0.00000361. The average Bonchev–Trinajstić information content (AvgIpc) is 2.39. The monoisotopic (exact) mass is 299 g/mol. The van der Waals surface area contributed by atoms with Crippen molar-refractivity contribution in [2.24, 2.45) is 5.73 Å². The second-order valence-electron chi connectivity index (χ2n) is 4.36. The highest BCUT2D eigenvalue weighted by Gasteiger charge is 2.16. The van der Waals surface area contributed by atoms with Crippen LogP contribution >= 0.6 is 12.4 Å². The van der Waals surface area contributed by atoms with Crippen LogP contribution in [0.15, 0.2) is 30.3 Å². The lowest BCUT2D eigenvalue weighted by Crippen LogP contribution is -2.33. The number of nitrogens with one attached hydrogen (secondary N) is 2. The van der Waals surface area contributed by atoms with Crippen LogP contribution < -0.4 is 16.4 Å². The predicted octanol–water partition coefficient (Wildman–Crippen LogP) is 1.14. The van der Waals surface area contributed by atoms with Gasteiger partial charge in [0.25, 0.3) is 0 Å². The third-order valence-corrected chi connectivity index (χ3v) is 2.67. The molecular weight excluding hydrogens is 278 g/mol. The minimum absolute atomic E-state index is 0. The van der Waals surface area contributed by atoms with Gasteiger partial charge in [0.2, 0.25) is 11.8 Å². The number of carbonyl (C=O) groups excluding carboxylic acids is 2. The fourth-order valence-electron chi connectivity index (χ4n) is 1.77. The van der Waals surface area contributed by atoms with Crippen molar-refractivity contribution in [3.63, 3.8) is 0 Å². The van der Waals surface area contributed by atoms with Crippen LogP contribution in [0.5, 0.6) is 0 Å². The smallest absolute Gasteiger partial charge is 0.222 e. The van der Waals surface area contributed by atoms with Gasteiger partial charge >= 0.3 is 0 Å². The number of hydrogen-bond acceptors (Lipinski definition) is 3. The molecule has 20 heavy (non-hydrogen) atoms. The quantitative estimate of drug-likeness (QED) is 0.660. The normalized spacial score (nSPS) is 11.1. The molecule has 5 nitrogen and oxygen atoms in total. The van der Waals surface area contributed by atoms with Crippen LogP contribution in [0.4, 0.5) is 0 Å². The maximum Gasteiger partial charge on any atom is 0.222 e. The number of hydrogen-bond donors (Lipinski definition) is 3. The van der Waals surface area contributed by atoms with E-state index in [1.54, 1.807) is 0 Å². The summed E-state index contributed by atoms with van der Waals surface area (Å²) in [7, 11) is 0. The molecule has 0 aromatic heterocycles. The van der Waals surface area contributed by atoms with E-state index in [9.17, 15) is 9.59 Å². The molecule has 0 bridgehead atoms. The number of halogens is 1. The fourth-order valence-corrected chi connectivity index (χ4v) is 1.77. The van der Waals surface area contributed by atoms with Crippen molar-refractivity contribution in [2.45, 2.75) is 25.8 Å². The zero-order valence-corrected chi connectivity index (χ0v) is 12.4. The molecule has 0 aliphatic heterocycles. The number of amides is 2. The highest BCUT2D eigenvalue weighted by molar-refractivity contribution is 5.85. The molecule has 6 heteroatoms. The number of carbonyl (C=O) groups is 2. The van der Waals surface area contributed by atoms with Gasteiger partial charge in [-0.15, -0.1) is 12.4 Å². The Morgan fingerprint density at radius 3 is 2.45 bits per heavy atom. The van der Waals surface area contributed by atoms with Crippen LogP contribution in [0.1, 0.15) is 31.4 Å². The molecule has 1 rings (SSSR count). The van der Waals surface area contributed by atoms with Crippen molar-refractivity contribution in [1.82, 2.24) is 10.6 Å². The molecule has 0 saturated carbocycles. The van der Waals surface area contributed by atoms with E-state index in [2.05, 4.69) is 10.6 Å². The van der Waals surface area contributed by atoms with Crippen molar-refractivity contribution in [3.05, 3.63) is 35.9 Å². The zero-order valence-electron chi connectivity index (χ0n) is 11.6. The van der Waals surface area contributed by atoms with E-state index in [0.29, 0.717) is 13.1 Å². The van der Waals surface area contributed by atoms with E-state index >= 15 is 0 Å². The van der Waals surface area contributed by atoms with Crippen LogP contribution in [0, 0.1) is 0 Å². The summed E-state index contributed by atoms with van der Waals surface area (Å²) in [5.74, 6) is -0.236. The first kappa shape index (κ1) is 18.4. The molecule has 1 aromatic rings. The largest absolute Gasteiger partial charge is 0.356 e. The predicted molar refractivity (Wildman–Crippen MR) is 81.5 cm³/mol. The van der Waals surface area contributed by atoms with Gasteiger partial charge in [0.05, 0.1) is 12.5 Å². The SMILES string of the molecule is CC(=O)NC(CC(=O)NCCCN)c1ccccc1.Cl. The Kier molecular flexibility index (Phi) is 9.41. The topological polar surface area (TPSA) is 84.2 Å². The van der Waals surface area contributed by atoms with E-state index in [1.807, 2.05) is 30.3 Å². The molecule has 4 N–H and O–H groups in total. The van der Waals surface area contributed by atoms with E-state index in [0.717, 1.165) is 12.0 Å². The third-order valence-electron chi connectivity index (χ3n) is 2.67. The molecule has 112 valence electrons. The second-order valence-corrected chi connectivity index (χ2v) is 4.36. The van der Waals surface area contributed by atoms with Crippen LogP contribution in [0.2, 0.25) is 0 Å². The van der Waals surface area contributed by atoms with Crippen LogP contribution in [0.25, 0.3) is 0 Å². The summed E-state index contributed by atoms with van der Waals surface area (Å²) in [6.07, 6.45) is 0.982. The van der Waals surface area contributed by atoms with Gasteiger partial charge in [-0.2, -0.15) is 0 Å². The van der Waals surface area contributed by atoms with Crippen molar-refractivity contribution in [1.29, 1.82) is 0 Å². The first-order valence-corrected chi connectivity index (χ1v) is 6.42. The Morgan fingerprint density at radius 2 is 1.90 bits per heavy atom. The van der Waals surface area contributed by atoms with Gasteiger partial charge in [-0.25, -0.2) is 0 Å². The first-order valence-electron chi connectivity index (χ1n) is 6.42. The Morgan fingerprint density at radius 1 is 1.25 bits per heavy atom. The third kappa shape index (κ3) is 7.11. The summed E-state index contributed by atoms with van der Waals surface area (Å²) in [4.78, 5) is 23.0. The average molecular weight is 300 g/mol. The highest BCUT2D eigenvalue weighted by atomic mass is 35.5. The molecule has 0 heterocycles. The molecule has 0 spiro atoms. The summed E-state index contributed by atoms with van der Waals surface area (Å²) in [5.41, 5.74) is 6.29.